The molecule has 2 heterocycles. The molecule has 26 heavy (non-hydrogen) atoms. The number of sulfonamides is 1. The van der Waals surface area contributed by atoms with E-state index in [1.54, 1.807) is 12.4 Å². The summed E-state index contributed by atoms with van der Waals surface area (Å²) < 4.78 is 40.0. The minimum atomic E-state index is -3.40. The molecule has 0 radical (unpaired) electrons. The van der Waals surface area contributed by atoms with Gasteiger partial charge in [0.2, 0.25) is 10.0 Å². The Bertz CT molecular complexity index is 789. The zero-order valence-corrected chi connectivity index (χ0v) is 15.5. The van der Waals surface area contributed by atoms with Crippen molar-refractivity contribution in [2.45, 2.75) is 25.1 Å². The van der Waals surface area contributed by atoms with Crippen LogP contribution in [0.25, 0.3) is 0 Å². The van der Waals surface area contributed by atoms with E-state index in [-0.39, 0.29) is 11.6 Å². The van der Waals surface area contributed by atoms with Gasteiger partial charge in [-0.1, -0.05) is 12.1 Å². The van der Waals surface area contributed by atoms with E-state index in [9.17, 15) is 12.8 Å². The molecular weight excluding hydrogens is 353 g/mol. The maximum absolute atomic E-state index is 12.9. The first-order chi connectivity index (χ1) is 12.5. The molecule has 0 bridgehead atoms. The average molecular weight is 377 g/mol. The predicted molar refractivity (Wildman–Crippen MR) is 99.3 cm³/mol. The second-order valence-electron chi connectivity index (χ2n) is 6.81. The van der Waals surface area contributed by atoms with E-state index in [1.807, 2.05) is 12.1 Å². The summed E-state index contributed by atoms with van der Waals surface area (Å²) in [5.41, 5.74) is 1.84. The number of nitrogens with one attached hydrogen (secondary N) is 1. The van der Waals surface area contributed by atoms with Gasteiger partial charge in [0.15, 0.2) is 0 Å². The fraction of sp³-hybridized carbons (Fsp3) is 0.421. The van der Waals surface area contributed by atoms with Crippen LogP contribution in [0, 0.1) is 11.7 Å². The molecular formula is C19H24FN3O2S. The van der Waals surface area contributed by atoms with E-state index >= 15 is 0 Å². The van der Waals surface area contributed by atoms with E-state index < -0.39 is 10.0 Å². The van der Waals surface area contributed by atoms with Crippen molar-refractivity contribution in [1.29, 1.82) is 0 Å². The largest absolute Gasteiger partial charge is 0.299 e. The second kappa shape index (κ2) is 8.70. The Morgan fingerprint density at radius 2 is 1.69 bits per heavy atom. The van der Waals surface area contributed by atoms with Gasteiger partial charge in [-0.2, -0.15) is 0 Å². The average Bonchev–Trinajstić information content (AvgIpc) is 2.64. The molecule has 0 aliphatic carbocycles. The highest BCUT2D eigenvalue weighted by molar-refractivity contribution is 7.88. The summed E-state index contributed by atoms with van der Waals surface area (Å²) in [5.74, 6) is -0.127. The smallest absolute Gasteiger partial charge is 0.215 e. The van der Waals surface area contributed by atoms with Gasteiger partial charge in [0.05, 0.1) is 5.75 Å². The maximum atomic E-state index is 12.9. The van der Waals surface area contributed by atoms with E-state index in [0.29, 0.717) is 18.0 Å². The van der Waals surface area contributed by atoms with Crippen molar-refractivity contribution in [3.63, 3.8) is 0 Å². The molecule has 0 amide bonds. The van der Waals surface area contributed by atoms with Gasteiger partial charge in [-0.05, 0) is 67.2 Å². The fourth-order valence-corrected chi connectivity index (χ4v) is 4.41. The third-order valence-electron chi connectivity index (χ3n) is 4.72. The number of benzene rings is 1. The second-order valence-corrected chi connectivity index (χ2v) is 8.62. The molecule has 140 valence electrons. The first-order valence-electron chi connectivity index (χ1n) is 8.83. The van der Waals surface area contributed by atoms with Crippen molar-refractivity contribution in [2.24, 2.45) is 5.92 Å². The van der Waals surface area contributed by atoms with Crippen LogP contribution in [-0.4, -0.2) is 37.9 Å². The molecule has 1 aromatic heterocycles. The van der Waals surface area contributed by atoms with Gasteiger partial charge >= 0.3 is 0 Å². The molecule has 5 nitrogen and oxygen atoms in total. The lowest BCUT2D eigenvalue weighted by Crippen LogP contribution is -2.38. The van der Waals surface area contributed by atoms with Crippen molar-refractivity contribution in [3.05, 3.63) is 65.7 Å². The number of halogens is 1. The van der Waals surface area contributed by atoms with E-state index in [0.717, 1.165) is 32.5 Å². The molecule has 0 saturated carbocycles. The molecule has 1 aliphatic heterocycles. The number of hydrogen-bond donors (Lipinski definition) is 1. The fourth-order valence-electron chi connectivity index (χ4n) is 3.19. The van der Waals surface area contributed by atoms with Gasteiger partial charge < -0.3 is 0 Å². The summed E-state index contributed by atoms with van der Waals surface area (Å²) in [6.07, 6.45) is 5.56. The SMILES string of the molecule is O=S(=O)(Cc1ccc(F)cc1)NCC1CCN(Cc2ccncc2)CC1. The molecule has 0 atom stereocenters. The number of piperidine rings is 1. The minimum Gasteiger partial charge on any atom is -0.299 e. The molecule has 1 N–H and O–H groups in total. The Kier molecular flexibility index (Phi) is 6.34. The molecule has 0 spiro atoms. The topological polar surface area (TPSA) is 62.3 Å². The lowest BCUT2D eigenvalue weighted by atomic mass is 9.97. The maximum Gasteiger partial charge on any atom is 0.215 e. The summed E-state index contributed by atoms with van der Waals surface area (Å²) in [6.45, 7) is 3.30. The number of nitrogens with zero attached hydrogens (tertiary/aromatic N) is 2. The molecule has 1 aliphatic rings. The zero-order chi connectivity index (χ0) is 18.4. The summed E-state index contributed by atoms with van der Waals surface area (Å²) >= 11 is 0. The highest BCUT2D eigenvalue weighted by Crippen LogP contribution is 2.19. The van der Waals surface area contributed by atoms with Crippen molar-refractivity contribution in [2.75, 3.05) is 19.6 Å². The first kappa shape index (κ1) is 18.9. The highest BCUT2D eigenvalue weighted by Gasteiger charge is 2.21. The van der Waals surface area contributed by atoms with Crippen molar-refractivity contribution < 1.29 is 12.8 Å². The quantitative estimate of drug-likeness (QED) is 0.806. The van der Waals surface area contributed by atoms with Crippen LogP contribution < -0.4 is 4.72 Å². The van der Waals surface area contributed by atoms with E-state index in [4.69, 9.17) is 0 Å². The predicted octanol–water partition coefficient (Wildman–Crippen LogP) is 2.55. The summed E-state index contributed by atoms with van der Waals surface area (Å²) in [5, 5.41) is 0. The third-order valence-corrected chi connectivity index (χ3v) is 6.04. The van der Waals surface area contributed by atoms with E-state index in [1.165, 1.54) is 29.8 Å². The Morgan fingerprint density at radius 3 is 2.35 bits per heavy atom. The van der Waals surface area contributed by atoms with Crippen LogP contribution in [0.2, 0.25) is 0 Å². The van der Waals surface area contributed by atoms with Gasteiger partial charge in [0, 0.05) is 25.5 Å². The number of rotatable bonds is 7. The van der Waals surface area contributed by atoms with Crippen molar-refractivity contribution >= 4 is 10.0 Å². The first-order valence-corrected chi connectivity index (χ1v) is 10.5. The lowest BCUT2D eigenvalue weighted by Gasteiger charge is -2.32. The number of likely N-dealkylation sites (tertiary alicyclic amines) is 1. The molecule has 1 saturated heterocycles. The van der Waals surface area contributed by atoms with Crippen LogP contribution in [-0.2, 0) is 22.3 Å². The minimum absolute atomic E-state index is 0.117. The normalized spacial score (nSPS) is 16.7. The molecule has 3 rings (SSSR count). The number of hydrogen-bond acceptors (Lipinski definition) is 4. The number of pyridine rings is 1. The molecule has 1 fully saturated rings. The zero-order valence-electron chi connectivity index (χ0n) is 14.6. The third kappa shape index (κ3) is 5.86. The Hall–Kier alpha value is -1.83. The van der Waals surface area contributed by atoms with Crippen LogP contribution in [0.3, 0.4) is 0 Å². The van der Waals surface area contributed by atoms with Crippen molar-refractivity contribution in [3.8, 4) is 0 Å². The standard InChI is InChI=1S/C19H24FN3O2S/c20-19-3-1-18(2-4-19)15-26(24,25)22-13-16-7-11-23(12-8-16)14-17-5-9-21-10-6-17/h1-6,9-10,16,22H,7-8,11-15H2. The van der Waals surface area contributed by atoms with Crippen LogP contribution in [0.15, 0.2) is 48.8 Å². The Labute approximate surface area is 154 Å². The van der Waals surface area contributed by atoms with E-state index in [2.05, 4.69) is 14.6 Å². The van der Waals surface area contributed by atoms with Gasteiger partial charge in [-0.3, -0.25) is 9.88 Å². The molecule has 0 unspecified atom stereocenters. The lowest BCUT2D eigenvalue weighted by molar-refractivity contribution is 0.178. The Morgan fingerprint density at radius 1 is 1.04 bits per heavy atom. The van der Waals surface area contributed by atoms with Gasteiger partial charge in [-0.15, -0.1) is 0 Å². The highest BCUT2D eigenvalue weighted by atomic mass is 32.2. The van der Waals surface area contributed by atoms with Gasteiger partial charge in [0.1, 0.15) is 5.82 Å². The van der Waals surface area contributed by atoms with Crippen LogP contribution in [0.5, 0.6) is 0 Å². The van der Waals surface area contributed by atoms with Crippen LogP contribution >= 0.6 is 0 Å². The summed E-state index contributed by atoms with van der Waals surface area (Å²) in [7, 11) is -3.40. The molecule has 2 aromatic rings. The Balaban J connectivity index is 1.42. The monoisotopic (exact) mass is 377 g/mol. The van der Waals surface area contributed by atoms with Gasteiger partial charge in [0.25, 0.3) is 0 Å². The number of aromatic nitrogens is 1. The van der Waals surface area contributed by atoms with Gasteiger partial charge in [-0.25, -0.2) is 17.5 Å². The summed E-state index contributed by atoms with van der Waals surface area (Å²) in [4.78, 5) is 6.42. The van der Waals surface area contributed by atoms with Crippen LogP contribution in [0.4, 0.5) is 4.39 Å². The summed E-state index contributed by atoms with van der Waals surface area (Å²) in [6, 6.07) is 9.62. The molecule has 7 heteroatoms. The van der Waals surface area contributed by atoms with Crippen molar-refractivity contribution in [1.82, 2.24) is 14.6 Å². The van der Waals surface area contributed by atoms with Crippen LogP contribution in [0.1, 0.15) is 24.0 Å². The molecule has 1 aromatic carbocycles.